The van der Waals surface area contributed by atoms with Crippen LogP contribution in [0.1, 0.15) is 58.8 Å². The average molecular weight is 281 g/mol. The zero-order valence-corrected chi connectivity index (χ0v) is 13.2. The molecule has 116 valence electrons. The lowest BCUT2D eigenvalue weighted by molar-refractivity contribution is 0.0575. The molecule has 1 aliphatic carbocycles. The lowest BCUT2D eigenvalue weighted by Gasteiger charge is -2.48. The Kier molecular flexibility index (Phi) is 5.30. The summed E-state index contributed by atoms with van der Waals surface area (Å²) in [5, 5.41) is 0. The number of amides is 2. The molecule has 2 rings (SSSR count). The molecule has 0 bridgehead atoms. The zero-order valence-electron chi connectivity index (χ0n) is 13.2. The summed E-state index contributed by atoms with van der Waals surface area (Å²) in [6.07, 6.45) is 8.24. The van der Waals surface area contributed by atoms with Crippen molar-refractivity contribution in [1.29, 1.82) is 0 Å². The molecule has 4 nitrogen and oxygen atoms in total. The van der Waals surface area contributed by atoms with Gasteiger partial charge in [0.2, 0.25) is 0 Å². The highest BCUT2D eigenvalue weighted by molar-refractivity contribution is 5.75. The molecule has 4 heteroatoms. The molecule has 1 atom stereocenters. The largest absolute Gasteiger partial charge is 0.328 e. The fourth-order valence-electron chi connectivity index (χ4n) is 4.00. The van der Waals surface area contributed by atoms with Crippen molar-refractivity contribution >= 4 is 6.03 Å². The molecule has 2 fully saturated rings. The van der Waals surface area contributed by atoms with Crippen LogP contribution in [0.25, 0.3) is 0 Å². The molecular formula is C16H31N3O. The molecule has 2 N–H and O–H groups in total. The van der Waals surface area contributed by atoms with E-state index in [9.17, 15) is 4.79 Å². The first-order valence-electron chi connectivity index (χ1n) is 8.39. The zero-order chi connectivity index (χ0) is 14.6. The van der Waals surface area contributed by atoms with Gasteiger partial charge in [-0.05, 0) is 38.5 Å². The highest BCUT2D eigenvalue weighted by Crippen LogP contribution is 2.34. The first kappa shape index (κ1) is 15.6. The molecule has 0 aromatic heterocycles. The van der Waals surface area contributed by atoms with Crippen LogP contribution in [0.5, 0.6) is 0 Å². The average Bonchev–Trinajstić information content (AvgIpc) is 2.48. The molecule has 20 heavy (non-hydrogen) atoms. The monoisotopic (exact) mass is 281 g/mol. The fraction of sp³-hybridized carbons (Fsp3) is 0.938. The van der Waals surface area contributed by atoms with E-state index in [2.05, 4.69) is 23.6 Å². The van der Waals surface area contributed by atoms with Crippen molar-refractivity contribution < 1.29 is 4.79 Å². The number of urea groups is 1. The molecule has 2 amide bonds. The third-order valence-corrected chi connectivity index (χ3v) is 5.21. The van der Waals surface area contributed by atoms with Gasteiger partial charge >= 0.3 is 6.03 Å². The molecule has 1 saturated carbocycles. The van der Waals surface area contributed by atoms with E-state index in [0.29, 0.717) is 12.5 Å². The summed E-state index contributed by atoms with van der Waals surface area (Å²) in [7, 11) is 0. The van der Waals surface area contributed by atoms with Crippen molar-refractivity contribution in [3.8, 4) is 0 Å². The fourth-order valence-corrected chi connectivity index (χ4v) is 4.00. The van der Waals surface area contributed by atoms with Crippen LogP contribution in [0.15, 0.2) is 0 Å². The quantitative estimate of drug-likeness (QED) is 0.865. The number of likely N-dealkylation sites (tertiary alicyclic amines) is 1. The van der Waals surface area contributed by atoms with Gasteiger partial charge in [-0.3, -0.25) is 0 Å². The molecule has 0 spiro atoms. The lowest BCUT2D eigenvalue weighted by Crippen LogP contribution is -2.61. The highest BCUT2D eigenvalue weighted by atomic mass is 16.2. The van der Waals surface area contributed by atoms with Gasteiger partial charge < -0.3 is 15.5 Å². The van der Waals surface area contributed by atoms with Gasteiger partial charge in [-0.2, -0.15) is 0 Å². The van der Waals surface area contributed by atoms with E-state index in [1.807, 2.05) is 0 Å². The van der Waals surface area contributed by atoms with E-state index in [-0.39, 0.29) is 11.6 Å². The topological polar surface area (TPSA) is 49.6 Å². The minimum atomic E-state index is -0.0786. The van der Waals surface area contributed by atoms with E-state index >= 15 is 0 Å². The summed E-state index contributed by atoms with van der Waals surface area (Å²) in [6, 6.07) is 0.228. The summed E-state index contributed by atoms with van der Waals surface area (Å²) in [4.78, 5) is 17.1. The number of hydrogen-bond donors (Lipinski definition) is 1. The maximum Gasteiger partial charge on any atom is 0.320 e. The maximum absolute atomic E-state index is 12.9. The van der Waals surface area contributed by atoms with Gasteiger partial charge in [0.05, 0.1) is 5.54 Å². The Balaban J connectivity index is 2.11. The summed E-state index contributed by atoms with van der Waals surface area (Å²) in [5.41, 5.74) is 6.02. The van der Waals surface area contributed by atoms with Gasteiger partial charge in [-0.1, -0.05) is 26.2 Å². The first-order valence-corrected chi connectivity index (χ1v) is 8.39. The standard InChI is InChI=1S/C16H31N3O/c1-3-19(16(13-17)9-5-4-6-10-16)15(20)18-11-7-8-14(2)12-18/h14H,3-13,17H2,1-2H3. The van der Waals surface area contributed by atoms with Gasteiger partial charge in [0.1, 0.15) is 0 Å². The second-order valence-electron chi connectivity index (χ2n) is 6.71. The molecule has 0 radical (unpaired) electrons. The van der Waals surface area contributed by atoms with Crippen molar-refractivity contribution in [1.82, 2.24) is 9.80 Å². The molecule has 1 heterocycles. The summed E-state index contributed by atoms with van der Waals surface area (Å²) in [6.45, 7) is 7.56. The number of hydrogen-bond acceptors (Lipinski definition) is 2. The normalized spacial score (nSPS) is 26.4. The number of rotatable bonds is 3. The Bertz CT molecular complexity index is 326. The Morgan fingerprint density at radius 3 is 2.55 bits per heavy atom. The van der Waals surface area contributed by atoms with Crippen molar-refractivity contribution in [3.63, 3.8) is 0 Å². The highest BCUT2D eigenvalue weighted by Gasteiger charge is 2.40. The SMILES string of the molecule is CCN(C(=O)N1CCCC(C)C1)C1(CN)CCCCC1. The maximum atomic E-state index is 12.9. The summed E-state index contributed by atoms with van der Waals surface area (Å²) >= 11 is 0. The minimum Gasteiger partial charge on any atom is -0.328 e. The number of piperidine rings is 1. The van der Waals surface area contributed by atoms with E-state index in [0.717, 1.165) is 38.9 Å². The van der Waals surface area contributed by atoms with Crippen molar-refractivity contribution in [3.05, 3.63) is 0 Å². The third kappa shape index (κ3) is 3.11. The van der Waals surface area contributed by atoms with E-state index in [1.165, 1.54) is 25.7 Å². The van der Waals surface area contributed by atoms with Gasteiger partial charge in [0.25, 0.3) is 0 Å². The molecular weight excluding hydrogens is 250 g/mol. The predicted octanol–water partition coefficient (Wildman–Crippen LogP) is 2.82. The van der Waals surface area contributed by atoms with Crippen molar-refractivity contribution in [2.24, 2.45) is 11.7 Å². The lowest BCUT2D eigenvalue weighted by atomic mass is 9.80. The van der Waals surface area contributed by atoms with Crippen LogP contribution in [-0.2, 0) is 0 Å². The number of nitrogens with zero attached hydrogens (tertiary/aromatic N) is 2. The van der Waals surface area contributed by atoms with Crippen LogP contribution < -0.4 is 5.73 Å². The molecule has 1 unspecified atom stereocenters. The Labute approximate surface area is 123 Å². The Morgan fingerprint density at radius 2 is 2.00 bits per heavy atom. The van der Waals surface area contributed by atoms with Crippen LogP contribution in [0.4, 0.5) is 4.79 Å². The van der Waals surface area contributed by atoms with Crippen LogP contribution in [-0.4, -0.2) is 47.5 Å². The van der Waals surface area contributed by atoms with E-state index < -0.39 is 0 Å². The Morgan fingerprint density at radius 1 is 1.30 bits per heavy atom. The van der Waals surface area contributed by atoms with Crippen LogP contribution in [0.3, 0.4) is 0 Å². The second-order valence-corrected chi connectivity index (χ2v) is 6.71. The van der Waals surface area contributed by atoms with Crippen molar-refractivity contribution in [2.45, 2.75) is 64.3 Å². The Hall–Kier alpha value is -0.770. The smallest absolute Gasteiger partial charge is 0.320 e. The number of nitrogens with two attached hydrogens (primary N) is 1. The van der Waals surface area contributed by atoms with Crippen molar-refractivity contribution in [2.75, 3.05) is 26.2 Å². The van der Waals surface area contributed by atoms with Gasteiger partial charge in [-0.15, -0.1) is 0 Å². The molecule has 1 saturated heterocycles. The van der Waals surface area contributed by atoms with Crippen LogP contribution in [0, 0.1) is 5.92 Å². The molecule has 2 aliphatic rings. The predicted molar refractivity (Wildman–Crippen MR) is 82.6 cm³/mol. The first-order chi connectivity index (χ1) is 9.63. The summed E-state index contributed by atoms with van der Waals surface area (Å²) < 4.78 is 0. The number of carbonyl (C=O) groups excluding carboxylic acids is 1. The van der Waals surface area contributed by atoms with Crippen LogP contribution in [0.2, 0.25) is 0 Å². The third-order valence-electron chi connectivity index (χ3n) is 5.21. The number of carbonyl (C=O) groups is 1. The summed E-state index contributed by atoms with van der Waals surface area (Å²) in [5.74, 6) is 0.631. The van der Waals surface area contributed by atoms with Gasteiger partial charge in [0, 0.05) is 26.2 Å². The second kappa shape index (κ2) is 6.79. The molecule has 0 aromatic rings. The molecule has 1 aliphatic heterocycles. The van der Waals surface area contributed by atoms with E-state index in [4.69, 9.17) is 5.73 Å². The number of likely N-dealkylation sites (N-methyl/N-ethyl adjacent to an activating group) is 1. The van der Waals surface area contributed by atoms with Crippen LogP contribution >= 0.6 is 0 Å². The molecule has 0 aromatic carbocycles. The van der Waals surface area contributed by atoms with E-state index in [1.54, 1.807) is 0 Å². The van der Waals surface area contributed by atoms with Gasteiger partial charge in [0.15, 0.2) is 0 Å². The minimum absolute atomic E-state index is 0.0786. The van der Waals surface area contributed by atoms with Gasteiger partial charge in [-0.25, -0.2) is 4.79 Å².